The maximum Gasteiger partial charge on any atom is 0.279 e. The summed E-state index contributed by atoms with van der Waals surface area (Å²) in [5.41, 5.74) is 1.74. The first-order chi connectivity index (χ1) is 16.4. The number of amides is 2. The van der Waals surface area contributed by atoms with Crippen LogP contribution in [0.15, 0.2) is 76.6 Å². The average molecular weight is 497 g/mol. The van der Waals surface area contributed by atoms with Gasteiger partial charge in [-0.1, -0.05) is 29.8 Å². The first kappa shape index (κ1) is 23.5. The first-order valence-corrected chi connectivity index (χ1v) is 11.3. The van der Waals surface area contributed by atoms with Crippen LogP contribution in [-0.4, -0.2) is 24.1 Å². The predicted octanol–water partition coefficient (Wildman–Crippen LogP) is 5.47. The number of benzene rings is 3. The van der Waals surface area contributed by atoms with E-state index in [1.165, 1.54) is 19.2 Å². The summed E-state index contributed by atoms with van der Waals surface area (Å²) in [4.78, 5) is 29.0. The Bertz CT molecular complexity index is 1310. The van der Waals surface area contributed by atoms with Gasteiger partial charge in [-0.25, -0.2) is 4.39 Å². The lowest BCUT2D eigenvalue weighted by atomic mass is 10.2. The largest absolute Gasteiger partial charge is 0.493 e. The number of nitrogens with one attached hydrogen (secondary N) is 1. The van der Waals surface area contributed by atoms with Crippen LogP contribution in [0, 0.1) is 5.82 Å². The number of carbonyl (C=O) groups is 2. The highest BCUT2D eigenvalue weighted by atomic mass is 35.5. The molecule has 2 amide bonds. The van der Waals surface area contributed by atoms with Crippen LogP contribution >= 0.6 is 23.4 Å². The number of hydrogen-bond acceptors (Lipinski definition) is 5. The molecule has 1 fully saturated rings. The fourth-order valence-corrected chi connectivity index (χ4v) is 4.01. The third-order valence-corrected chi connectivity index (χ3v) is 5.88. The smallest absolute Gasteiger partial charge is 0.279 e. The summed E-state index contributed by atoms with van der Waals surface area (Å²) < 4.78 is 24.5. The van der Waals surface area contributed by atoms with E-state index in [2.05, 4.69) is 10.3 Å². The molecule has 0 unspecified atom stereocenters. The molecule has 3 aromatic carbocycles. The third kappa shape index (κ3) is 5.84. The molecule has 0 spiro atoms. The number of nitrogens with zero attached hydrogens (tertiary/aromatic N) is 1. The van der Waals surface area contributed by atoms with Gasteiger partial charge in [-0.05, 0) is 77.5 Å². The van der Waals surface area contributed by atoms with Gasteiger partial charge in [0.15, 0.2) is 16.7 Å². The molecular formula is C25H18ClFN2O4S. The van der Waals surface area contributed by atoms with Crippen molar-refractivity contribution in [2.45, 2.75) is 6.61 Å². The highest BCUT2D eigenvalue weighted by Crippen LogP contribution is 2.32. The number of aliphatic imine (C=N–C) groups is 1. The number of rotatable bonds is 6. The van der Waals surface area contributed by atoms with E-state index in [0.717, 1.165) is 11.8 Å². The Morgan fingerprint density at radius 2 is 1.91 bits per heavy atom. The van der Waals surface area contributed by atoms with Crippen LogP contribution in [0.4, 0.5) is 4.39 Å². The van der Waals surface area contributed by atoms with Crippen LogP contribution in [0.5, 0.6) is 11.5 Å². The second kappa shape index (κ2) is 10.5. The average Bonchev–Trinajstić information content (AvgIpc) is 3.16. The minimum atomic E-state index is -0.484. The van der Waals surface area contributed by atoms with Gasteiger partial charge in [0.25, 0.3) is 11.8 Å². The number of ether oxygens (including phenoxy) is 2. The van der Waals surface area contributed by atoms with Gasteiger partial charge in [-0.3, -0.25) is 9.59 Å². The van der Waals surface area contributed by atoms with Crippen molar-refractivity contribution in [3.63, 3.8) is 0 Å². The van der Waals surface area contributed by atoms with Crippen LogP contribution in [0.25, 0.3) is 6.08 Å². The fourth-order valence-electron chi connectivity index (χ4n) is 3.06. The molecule has 9 heteroatoms. The number of methoxy groups -OCH3 is 1. The SMILES string of the molecule is COc1cc(/C=C2\SC(=NC(=O)c3ccc(Cl)cc3)NC2=O)ccc1OCc1cccc(F)c1. The molecule has 0 aromatic heterocycles. The van der Waals surface area contributed by atoms with E-state index in [-0.39, 0.29) is 23.5 Å². The van der Waals surface area contributed by atoms with Gasteiger partial charge in [0.05, 0.1) is 12.0 Å². The molecule has 1 aliphatic rings. The molecular weight excluding hydrogens is 479 g/mol. The molecule has 1 N–H and O–H groups in total. The van der Waals surface area contributed by atoms with Crippen LogP contribution in [-0.2, 0) is 11.4 Å². The topological polar surface area (TPSA) is 77.0 Å². The summed E-state index contributed by atoms with van der Waals surface area (Å²) in [5.74, 6) is -0.241. The maximum atomic E-state index is 13.4. The lowest BCUT2D eigenvalue weighted by Crippen LogP contribution is -2.20. The van der Waals surface area contributed by atoms with Crippen molar-refractivity contribution in [1.29, 1.82) is 0 Å². The number of halogens is 2. The zero-order valence-electron chi connectivity index (χ0n) is 17.9. The van der Waals surface area contributed by atoms with Gasteiger partial charge in [-0.15, -0.1) is 0 Å². The quantitative estimate of drug-likeness (QED) is 0.458. The summed E-state index contributed by atoms with van der Waals surface area (Å²) in [6, 6.07) is 17.7. The van der Waals surface area contributed by atoms with Crippen molar-refractivity contribution >= 4 is 46.4 Å². The highest BCUT2D eigenvalue weighted by molar-refractivity contribution is 8.18. The van der Waals surface area contributed by atoms with Gasteiger partial charge >= 0.3 is 0 Å². The van der Waals surface area contributed by atoms with Crippen molar-refractivity contribution < 1.29 is 23.5 Å². The Hall–Kier alpha value is -3.62. The zero-order valence-corrected chi connectivity index (χ0v) is 19.5. The Balaban J connectivity index is 1.47. The van der Waals surface area contributed by atoms with Crippen LogP contribution in [0.1, 0.15) is 21.5 Å². The van der Waals surface area contributed by atoms with Crippen molar-refractivity contribution in [3.8, 4) is 11.5 Å². The Kier molecular flexibility index (Phi) is 7.30. The zero-order chi connectivity index (χ0) is 24.1. The molecule has 0 radical (unpaired) electrons. The minimum Gasteiger partial charge on any atom is -0.493 e. The van der Waals surface area contributed by atoms with Crippen molar-refractivity contribution in [2.75, 3.05) is 7.11 Å². The van der Waals surface area contributed by atoms with E-state index >= 15 is 0 Å². The summed E-state index contributed by atoms with van der Waals surface area (Å²) >= 11 is 6.90. The van der Waals surface area contributed by atoms with Gasteiger partial charge in [-0.2, -0.15) is 4.99 Å². The summed E-state index contributed by atoms with van der Waals surface area (Å²) in [5, 5.41) is 3.30. The van der Waals surface area contributed by atoms with Crippen molar-refractivity contribution in [2.24, 2.45) is 4.99 Å². The molecule has 0 saturated carbocycles. The van der Waals surface area contributed by atoms with E-state index in [0.29, 0.717) is 38.1 Å². The second-order valence-electron chi connectivity index (χ2n) is 7.12. The molecule has 0 atom stereocenters. The normalized spacial score (nSPS) is 15.4. The van der Waals surface area contributed by atoms with E-state index < -0.39 is 5.91 Å². The first-order valence-electron chi connectivity index (χ1n) is 10.1. The van der Waals surface area contributed by atoms with Crippen molar-refractivity contribution in [1.82, 2.24) is 5.32 Å². The van der Waals surface area contributed by atoms with Crippen LogP contribution in [0.3, 0.4) is 0 Å². The number of amidine groups is 1. The molecule has 34 heavy (non-hydrogen) atoms. The molecule has 1 aliphatic heterocycles. The summed E-state index contributed by atoms with van der Waals surface area (Å²) in [6.45, 7) is 0.175. The molecule has 0 bridgehead atoms. The molecule has 1 saturated heterocycles. The third-order valence-electron chi connectivity index (χ3n) is 4.71. The monoisotopic (exact) mass is 496 g/mol. The van der Waals surface area contributed by atoms with Crippen LogP contribution < -0.4 is 14.8 Å². The summed E-state index contributed by atoms with van der Waals surface area (Å²) in [6.07, 6.45) is 1.66. The fraction of sp³-hybridized carbons (Fsp3) is 0.0800. The van der Waals surface area contributed by atoms with E-state index in [1.54, 1.807) is 60.7 Å². The molecule has 172 valence electrons. The molecule has 1 heterocycles. The van der Waals surface area contributed by atoms with Gasteiger partial charge in [0.1, 0.15) is 12.4 Å². The Morgan fingerprint density at radius 1 is 1.12 bits per heavy atom. The number of carbonyl (C=O) groups excluding carboxylic acids is 2. The molecule has 4 rings (SSSR count). The highest BCUT2D eigenvalue weighted by Gasteiger charge is 2.25. The predicted molar refractivity (Wildman–Crippen MR) is 131 cm³/mol. The van der Waals surface area contributed by atoms with E-state index in [1.807, 2.05) is 0 Å². The number of hydrogen-bond donors (Lipinski definition) is 1. The van der Waals surface area contributed by atoms with Gasteiger partial charge < -0.3 is 14.8 Å². The van der Waals surface area contributed by atoms with Gasteiger partial charge in [0, 0.05) is 10.6 Å². The van der Waals surface area contributed by atoms with Crippen LogP contribution in [0.2, 0.25) is 5.02 Å². The standard InChI is InChI=1S/C25H18ClFN2O4S/c1-32-21-12-15(5-10-20(21)33-14-16-3-2-4-19(27)11-16)13-22-24(31)29-25(34-22)28-23(30)17-6-8-18(26)9-7-17/h2-13H,14H2,1H3,(H,28,29,30,31)/b22-13-. The van der Waals surface area contributed by atoms with E-state index in [4.69, 9.17) is 21.1 Å². The maximum absolute atomic E-state index is 13.4. The minimum absolute atomic E-state index is 0.175. The molecule has 0 aliphatic carbocycles. The van der Waals surface area contributed by atoms with E-state index in [9.17, 15) is 14.0 Å². The Labute approximate surface area is 204 Å². The second-order valence-corrected chi connectivity index (χ2v) is 8.59. The molecule has 3 aromatic rings. The summed E-state index contributed by atoms with van der Waals surface area (Å²) in [7, 11) is 1.51. The van der Waals surface area contributed by atoms with Crippen molar-refractivity contribution in [3.05, 3.63) is 99.2 Å². The van der Waals surface area contributed by atoms with Gasteiger partial charge in [0.2, 0.25) is 0 Å². The lowest BCUT2D eigenvalue weighted by Gasteiger charge is -2.11. The lowest BCUT2D eigenvalue weighted by molar-refractivity contribution is -0.115. The molecule has 6 nitrogen and oxygen atoms in total. The Morgan fingerprint density at radius 3 is 2.65 bits per heavy atom. The number of thioether (sulfide) groups is 1.